The number of ether oxygens (including phenoxy) is 1. The van der Waals surface area contributed by atoms with E-state index in [1.165, 1.54) is 0 Å². The van der Waals surface area contributed by atoms with Gasteiger partial charge in [0.1, 0.15) is 12.4 Å². The largest absolute Gasteiger partial charge is 0.484 e. The Bertz CT molecular complexity index is 557. The van der Waals surface area contributed by atoms with Crippen molar-refractivity contribution in [1.29, 1.82) is 0 Å². The zero-order valence-corrected chi connectivity index (χ0v) is 12.8. The van der Waals surface area contributed by atoms with E-state index in [-0.39, 0.29) is 0 Å². The summed E-state index contributed by atoms with van der Waals surface area (Å²) in [5.74, 6) is 2.06. The number of hydrogen-bond acceptors (Lipinski definition) is 5. The van der Waals surface area contributed by atoms with Gasteiger partial charge < -0.3 is 10.1 Å². The fourth-order valence-corrected chi connectivity index (χ4v) is 1.88. The average Bonchev–Trinajstić information content (AvgIpc) is 2.47. The first-order valence-corrected chi connectivity index (χ1v) is 7.21. The lowest BCUT2D eigenvalue weighted by Crippen LogP contribution is -2.20. The molecule has 5 nitrogen and oxygen atoms in total. The van der Waals surface area contributed by atoms with Crippen molar-refractivity contribution < 1.29 is 4.74 Å². The fraction of sp³-hybridized carbons (Fsp3) is 0.438. The molecule has 0 fully saturated rings. The lowest BCUT2D eigenvalue weighted by molar-refractivity contribution is 0.290. The van der Waals surface area contributed by atoms with Crippen molar-refractivity contribution in [3.8, 4) is 5.75 Å². The first kappa shape index (κ1) is 15.4. The van der Waals surface area contributed by atoms with Gasteiger partial charge in [0.05, 0.1) is 5.69 Å². The maximum atomic E-state index is 5.81. The van der Waals surface area contributed by atoms with Gasteiger partial charge in [-0.1, -0.05) is 13.8 Å². The van der Waals surface area contributed by atoms with Crippen LogP contribution in [0.25, 0.3) is 0 Å². The number of rotatable bonds is 7. The lowest BCUT2D eigenvalue weighted by Gasteiger charge is -2.12. The Hall–Kier alpha value is -2.01. The zero-order chi connectivity index (χ0) is 15.1. The third kappa shape index (κ3) is 5.11. The maximum absolute atomic E-state index is 5.81. The van der Waals surface area contributed by atoms with Crippen molar-refractivity contribution in [3.05, 3.63) is 47.8 Å². The smallest absolute Gasteiger partial charge is 0.166 e. The Morgan fingerprint density at radius 3 is 2.67 bits per heavy atom. The van der Waals surface area contributed by atoms with E-state index in [4.69, 9.17) is 4.74 Å². The molecule has 0 spiro atoms. The number of pyridine rings is 1. The summed E-state index contributed by atoms with van der Waals surface area (Å²) < 4.78 is 5.81. The summed E-state index contributed by atoms with van der Waals surface area (Å²) in [4.78, 5) is 12.9. The van der Waals surface area contributed by atoms with Crippen molar-refractivity contribution in [2.75, 3.05) is 6.54 Å². The number of nitrogens with one attached hydrogen (secondary N) is 1. The van der Waals surface area contributed by atoms with Crippen LogP contribution < -0.4 is 10.1 Å². The molecule has 112 valence electrons. The van der Waals surface area contributed by atoms with Gasteiger partial charge in [-0.2, -0.15) is 0 Å². The zero-order valence-electron chi connectivity index (χ0n) is 12.8. The van der Waals surface area contributed by atoms with E-state index in [0.29, 0.717) is 24.9 Å². The van der Waals surface area contributed by atoms with E-state index in [1.54, 1.807) is 18.5 Å². The minimum atomic E-state index is 0.350. The normalized spacial score (nSPS) is 10.9. The van der Waals surface area contributed by atoms with Gasteiger partial charge in [-0.15, -0.1) is 0 Å². The average molecular weight is 286 g/mol. The van der Waals surface area contributed by atoms with Gasteiger partial charge >= 0.3 is 0 Å². The Labute approximate surface area is 125 Å². The van der Waals surface area contributed by atoms with Crippen molar-refractivity contribution in [3.63, 3.8) is 0 Å². The molecule has 0 unspecified atom stereocenters. The summed E-state index contributed by atoms with van der Waals surface area (Å²) in [5.41, 5.74) is 1.91. The molecule has 0 bridgehead atoms. The Morgan fingerprint density at radius 2 is 1.95 bits per heavy atom. The van der Waals surface area contributed by atoms with E-state index in [2.05, 4.69) is 34.1 Å². The molecule has 2 rings (SSSR count). The molecule has 0 aliphatic rings. The molecule has 0 saturated carbocycles. The van der Waals surface area contributed by atoms with Crippen molar-refractivity contribution in [2.45, 2.75) is 33.9 Å². The highest BCUT2D eigenvalue weighted by Gasteiger charge is 2.07. The second kappa shape index (κ2) is 7.69. The maximum Gasteiger partial charge on any atom is 0.166 e. The third-order valence-electron chi connectivity index (χ3n) is 2.89. The summed E-state index contributed by atoms with van der Waals surface area (Å²) >= 11 is 0. The lowest BCUT2D eigenvalue weighted by atomic mass is 10.2. The van der Waals surface area contributed by atoms with Gasteiger partial charge in [0.15, 0.2) is 5.82 Å². The van der Waals surface area contributed by atoms with Crippen LogP contribution in [0, 0.1) is 12.8 Å². The molecule has 0 aromatic carbocycles. The fourth-order valence-electron chi connectivity index (χ4n) is 1.88. The third-order valence-corrected chi connectivity index (χ3v) is 2.89. The molecule has 0 aliphatic heterocycles. The topological polar surface area (TPSA) is 59.9 Å². The molecule has 2 aromatic rings. The minimum Gasteiger partial charge on any atom is -0.484 e. The molecule has 2 aromatic heterocycles. The molecule has 0 saturated heterocycles. The van der Waals surface area contributed by atoms with E-state index < -0.39 is 0 Å². The molecule has 2 heterocycles. The summed E-state index contributed by atoms with van der Waals surface area (Å²) in [6, 6.07) is 5.70. The van der Waals surface area contributed by atoms with E-state index in [1.807, 2.05) is 19.1 Å². The molecule has 0 atom stereocenters. The first-order valence-electron chi connectivity index (χ1n) is 7.21. The number of aromatic nitrogens is 3. The van der Waals surface area contributed by atoms with Gasteiger partial charge in [-0.25, -0.2) is 9.97 Å². The molecular weight excluding hydrogens is 264 g/mol. The number of aryl methyl sites for hydroxylation is 1. The molecule has 0 radical (unpaired) electrons. The van der Waals surface area contributed by atoms with E-state index in [0.717, 1.165) is 23.7 Å². The van der Waals surface area contributed by atoms with Crippen molar-refractivity contribution >= 4 is 0 Å². The Morgan fingerprint density at radius 1 is 1.19 bits per heavy atom. The summed E-state index contributed by atoms with van der Waals surface area (Å²) in [5, 5.41) is 3.39. The molecule has 21 heavy (non-hydrogen) atoms. The van der Waals surface area contributed by atoms with Crippen LogP contribution in [0.1, 0.15) is 31.1 Å². The van der Waals surface area contributed by atoms with Crippen LogP contribution in [-0.4, -0.2) is 21.5 Å². The van der Waals surface area contributed by atoms with Gasteiger partial charge in [-0.3, -0.25) is 4.98 Å². The Balaban J connectivity index is 2.00. The predicted molar refractivity (Wildman–Crippen MR) is 81.9 cm³/mol. The summed E-state index contributed by atoms with van der Waals surface area (Å²) in [7, 11) is 0. The predicted octanol–water partition coefficient (Wildman–Crippen LogP) is 2.50. The SMILES string of the molecule is Cc1ccc(OCc2ncccn2)c(CNCC(C)C)n1. The van der Waals surface area contributed by atoms with Gasteiger partial charge in [0.25, 0.3) is 0 Å². The highest BCUT2D eigenvalue weighted by Crippen LogP contribution is 2.18. The van der Waals surface area contributed by atoms with Crippen LogP contribution in [0.15, 0.2) is 30.6 Å². The van der Waals surface area contributed by atoms with Crippen molar-refractivity contribution in [1.82, 2.24) is 20.3 Å². The van der Waals surface area contributed by atoms with Crippen LogP contribution in [0.2, 0.25) is 0 Å². The van der Waals surface area contributed by atoms with Crippen LogP contribution in [-0.2, 0) is 13.2 Å². The molecular formula is C16H22N4O. The van der Waals surface area contributed by atoms with Gasteiger partial charge in [-0.05, 0) is 37.6 Å². The van der Waals surface area contributed by atoms with E-state index in [9.17, 15) is 0 Å². The second-order valence-electron chi connectivity index (χ2n) is 5.38. The highest BCUT2D eigenvalue weighted by molar-refractivity contribution is 5.29. The van der Waals surface area contributed by atoms with E-state index >= 15 is 0 Å². The van der Waals surface area contributed by atoms with Crippen LogP contribution >= 0.6 is 0 Å². The number of nitrogens with zero attached hydrogens (tertiary/aromatic N) is 3. The number of hydrogen-bond donors (Lipinski definition) is 1. The van der Waals surface area contributed by atoms with Gasteiger partial charge in [0.2, 0.25) is 0 Å². The monoisotopic (exact) mass is 286 g/mol. The van der Waals surface area contributed by atoms with Gasteiger partial charge in [0, 0.05) is 24.6 Å². The van der Waals surface area contributed by atoms with Crippen molar-refractivity contribution in [2.24, 2.45) is 5.92 Å². The van der Waals surface area contributed by atoms with Crippen LogP contribution in [0.5, 0.6) is 5.75 Å². The standard InChI is InChI=1S/C16H22N4O/c1-12(2)9-17-10-14-15(6-5-13(3)20-14)21-11-16-18-7-4-8-19-16/h4-8,12,17H,9-11H2,1-3H3. The molecule has 0 aliphatic carbocycles. The van der Waals surface area contributed by atoms with Crippen LogP contribution in [0.4, 0.5) is 0 Å². The summed E-state index contributed by atoms with van der Waals surface area (Å²) in [6.07, 6.45) is 3.42. The minimum absolute atomic E-state index is 0.350. The summed E-state index contributed by atoms with van der Waals surface area (Å²) in [6.45, 7) is 8.35. The Kier molecular flexibility index (Phi) is 5.63. The quantitative estimate of drug-likeness (QED) is 0.847. The molecule has 0 amide bonds. The molecule has 1 N–H and O–H groups in total. The van der Waals surface area contributed by atoms with Crippen LogP contribution in [0.3, 0.4) is 0 Å². The first-order chi connectivity index (χ1) is 10.1. The highest BCUT2D eigenvalue weighted by atomic mass is 16.5. The molecule has 5 heteroatoms. The second-order valence-corrected chi connectivity index (χ2v) is 5.38.